The lowest BCUT2D eigenvalue weighted by atomic mass is 10.0. The van der Waals surface area contributed by atoms with Crippen molar-refractivity contribution in [1.82, 2.24) is 5.32 Å². The highest BCUT2D eigenvalue weighted by Gasteiger charge is 2.31. The molecule has 0 aromatic heterocycles. The van der Waals surface area contributed by atoms with Gasteiger partial charge in [-0.25, -0.2) is 0 Å². The number of ether oxygens (including phenoxy) is 1. The van der Waals surface area contributed by atoms with E-state index in [2.05, 4.69) is 34.7 Å². The van der Waals surface area contributed by atoms with E-state index in [1.807, 2.05) is 61.5 Å². The third kappa shape index (κ3) is 6.23. The number of thioether (sulfide) groups is 1. The molecule has 1 heterocycles. The summed E-state index contributed by atoms with van der Waals surface area (Å²) < 4.78 is 5.69. The quantitative estimate of drug-likeness (QED) is 0.274. The van der Waals surface area contributed by atoms with E-state index in [0.717, 1.165) is 34.2 Å². The molecule has 1 fully saturated rings. The van der Waals surface area contributed by atoms with Crippen LogP contribution in [0.2, 0.25) is 0 Å². The number of hydrogen-bond acceptors (Lipinski definition) is 6. The zero-order valence-electron chi connectivity index (χ0n) is 18.2. The topological polar surface area (TPSA) is 77.0 Å². The number of oxime groups is 1. The second-order valence-corrected chi connectivity index (χ2v) is 8.71. The molecule has 33 heavy (non-hydrogen) atoms. The van der Waals surface area contributed by atoms with E-state index in [1.54, 1.807) is 0 Å². The summed E-state index contributed by atoms with van der Waals surface area (Å²) in [6.45, 7) is 2.59. The van der Waals surface area contributed by atoms with Crippen molar-refractivity contribution in [2.45, 2.75) is 18.6 Å². The molecule has 168 valence electrons. The Kier molecular flexibility index (Phi) is 7.42. The van der Waals surface area contributed by atoms with E-state index in [4.69, 9.17) is 9.57 Å². The Morgan fingerprint density at radius 2 is 1.61 bits per heavy atom. The molecule has 1 aliphatic heterocycles. The Morgan fingerprint density at radius 3 is 2.27 bits per heavy atom. The number of nitrogens with one attached hydrogen (secondary N) is 1. The molecule has 3 aromatic rings. The first-order valence-electron chi connectivity index (χ1n) is 10.6. The van der Waals surface area contributed by atoms with Crippen molar-refractivity contribution < 1.29 is 19.2 Å². The normalized spacial score (nSPS) is 15.9. The molecule has 0 spiro atoms. The summed E-state index contributed by atoms with van der Waals surface area (Å²) in [5.74, 6) is 0.476. The van der Waals surface area contributed by atoms with Crippen LogP contribution in [-0.2, 0) is 16.1 Å². The summed E-state index contributed by atoms with van der Waals surface area (Å²) in [6, 6.07) is 25.9. The summed E-state index contributed by atoms with van der Waals surface area (Å²) in [6.07, 6.45) is 0.506. The Labute approximate surface area is 197 Å². The molecule has 1 unspecified atom stereocenters. The van der Waals surface area contributed by atoms with Crippen LogP contribution >= 0.6 is 11.8 Å². The molecule has 0 radical (unpaired) electrons. The fourth-order valence-corrected chi connectivity index (χ4v) is 4.25. The highest BCUT2D eigenvalue weighted by atomic mass is 32.2. The van der Waals surface area contributed by atoms with Crippen molar-refractivity contribution in [2.75, 3.05) is 13.2 Å². The van der Waals surface area contributed by atoms with Crippen LogP contribution < -0.4 is 10.1 Å². The smallest absolute Gasteiger partial charge is 0.286 e. The van der Waals surface area contributed by atoms with Gasteiger partial charge < -0.3 is 9.57 Å². The van der Waals surface area contributed by atoms with Crippen LogP contribution in [0.15, 0.2) is 84.0 Å². The van der Waals surface area contributed by atoms with Crippen LogP contribution in [-0.4, -0.2) is 35.3 Å². The van der Waals surface area contributed by atoms with Gasteiger partial charge in [-0.1, -0.05) is 83.6 Å². The predicted molar refractivity (Wildman–Crippen MR) is 131 cm³/mol. The van der Waals surface area contributed by atoms with Crippen LogP contribution in [0.1, 0.15) is 18.1 Å². The average molecular weight is 461 g/mol. The maximum absolute atomic E-state index is 11.7. The number of amides is 2. The monoisotopic (exact) mass is 460 g/mol. The highest BCUT2D eigenvalue weighted by Crippen LogP contribution is 2.24. The van der Waals surface area contributed by atoms with E-state index in [9.17, 15) is 9.59 Å². The second kappa shape index (κ2) is 10.8. The minimum absolute atomic E-state index is 0.231. The largest absolute Gasteiger partial charge is 0.490 e. The molecule has 0 saturated carbocycles. The van der Waals surface area contributed by atoms with E-state index < -0.39 is 0 Å². The van der Waals surface area contributed by atoms with Gasteiger partial charge in [-0.2, -0.15) is 0 Å². The van der Waals surface area contributed by atoms with Crippen LogP contribution in [0.25, 0.3) is 11.1 Å². The zero-order chi connectivity index (χ0) is 23.0. The SMILES string of the molecule is CC(=NOCCOc1ccc(CC2SC(=O)NC2=O)cc1)c1ccc(-c2ccccc2)cc1. The minimum Gasteiger partial charge on any atom is -0.490 e. The minimum atomic E-state index is -0.367. The fraction of sp³-hybridized carbons (Fsp3) is 0.192. The van der Waals surface area contributed by atoms with Gasteiger partial charge in [-0.05, 0) is 47.7 Å². The molecule has 1 atom stereocenters. The second-order valence-electron chi connectivity index (χ2n) is 7.53. The molecule has 1 saturated heterocycles. The van der Waals surface area contributed by atoms with Crippen molar-refractivity contribution in [2.24, 2.45) is 5.16 Å². The third-order valence-corrected chi connectivity index (χ3v) is 6.15. The molecule has 6 nitrogen and oxygen atoms in total. The molecule has 7 heteroatoms. The lowest BCUT2D eigenvalue weighted by molar-refractivity contribution is -0.118. The van der Waals surface area contributed by atoms with Gasteiger partial charge in [0, 0.05) is 0 Å². The first-order valence-corrected chi connectivity index (χ1v) is 11.5. The lowest BCUT2D eigenvalue weighted by Crippen LogP contribution is -2.25. The van der Waals surface area contributed by atoms with Gasteiger partial charge in [-0.15, -0.1) is 0 Å². The third-order valence-electron chi connectivity index (χ3n) is 5.17. The van der Waals surface area contributed by atoms with E-state index in [0.29, 0.717) is 25.4 Å². The van der Waals surface area contributed by atoms with Gasteiger partial charge in [0.2, 0.25) is 5.91 Å². The van der Waals surface area contributed by atoms with Crippen LogP contribution in [0, 0.1) is 0 Å². The van der Waals surface area contributed by atoms with Crippen LogP contribution in [0.5, 0.6) is 5.75 Å². The molecule has 1 N–H and O–H groups in total. The van der Waals surface area contributed by atoms with E-state index in [1.165, 1.54) is 5.56 Å². The van der Waals surface area contributed by atoms with E-state index >= 15 is 0 Å². The molecule has 4 rings (SSSR count). The van der Waals surface area contributed by atoms with Gasteiger partial charge in [0.1, 0.15) is 12.4 Å². The molecular formula is C26H24N2O4S. The van der Waals surface area contributed by atoms with Crippen LogP contribution in [0.3, 0.4) is 0 Å². The molecule has 2 amide bonds. The summed E-state index contributed by atoms with van der Waals surface area (Å²) in [5, 5.41) is 5.83. The van der Waals surface area contributed by atoms with Crippen molar-refractivity contribution >= 4 is 28.6 Å². The summed E-state index contributed by atoms with van der Waals surface area (Å²) in [7, 11) is 0. The van der Waals surface area contributed by atoms with Crippen molar-refractivity contribution in [3.05, 3.63) is 90.0 Å². The van der Waals surface area contributed by atoms with E-state index in [-0.39, 0.29) is 16.4 Å². The molecule has 0 aliphatic carbocycles. The van der Waals surface area contributed by atoms with Gasteiger partial charge in [0.15, 0.2) is 6.61 Å². The molecule has 0 bridgehead atoms. The Balaban J connectivity index is 1.20. The van der Waals surface area contributed by atoms with Gasteiger partial charge >= 0.3 is 0 Å². The maximum Gasteiger partial charge on any atom is 0.286 e. The number of benzene rings is 3. The zero-order valence-corrected chi connectivity index (χ0v) is 19.0. The Morgan fingerprint density at radius 1 is 0.909 bits per heavy atom. The Hall–Kier alpha value is -3.58. The summed E-state index contributed by atoms with van der Waals surface area (Å²) in [5.41, 5.74) is 5.11. The van der Waals surface area contributed by atoms with Gasteiger partial charge in [-0.3, -0.25) is 14.9 Å². The van der Waals surface area contributed by atoms with Crippen molar-refractivity contribution in [3.8, 4) is 16.9 Å². The summed E-state index contributed by atoms with van der Waals surface area (Å²) >= 11 is 1.03. The number of hydrogen-bond donors (Lipinski definition) is 1. The summed E-state index contributed by atoms with van der Waals surface area (Å²) in [4.78, 5) is 28.3. The number of carbonyl (C=O) groups is 2. The number of rotatable bonds is 9. The van der Waals surface area contributed by atoms with Gasteiger partial charge in [0.25, 0.3) is 5.24 Å². The average Bonchev–Trinajstić information content (AvgIpc) is 3.16. The number of nitrogens with zero attached hydrogens (tertiary/aromatic N) is 1. The lowest BCUT2D eigenvalue weighted by Gasteiger charge is -2.08. The maximum atomic E-state index is 11.7. The van der Waals surface area contributed by atoms with Crippen molar-refractivity contribution in [1.29, 1.82) is 0 Å². The highest BCUT2D eigenvalue weighted by molar-refractivity contribution is 8.15. The number of imide groups is 1. The molecule has 1 aliphatic rings. The Bertz CT molecular complexity index is 1130. The van der Waals surface area contributed by atoms with Gasteiger partial charge in [0.05, 0.1) is 11.0 Å². The molecule has 3 aromatic carbocycles. The first kappa shape index (κ1) is 22.6. The predicted octanol–water partition coefficient (Wildman–Crippen LogP) is 5.07. The molecular weight excluding hydrogens is 436 g/mol. The number of carbonyl (C=O) groups excluding carboxylic acids is 2. The standard InChI is InChI=1S/C26H24N2O4S/c1-18(20-9-11-22(12-10-20)21-5-3-2-4-6-21)28-32-16-15-31-23-13-7-19(8-14-23)17-24-25(29)27-26(30)33-24/h2-14,24H,15-17H2,1H3,(H,27,29,30). The fourth-order valence-electron chi connectivity index (χ4n) is 3.39. The van der Waals surface area contributed by atoms with Crippen LogP contribution in [0.4, 0.5) is 4.79 Å². The van der Waals surface area contributed by atoms with Crippen molar-refractivity contribution in [3.63, 3.8) is 0 Å². The first-order chi connectivity index (χ1) is 16.1.